The van der Waals surface area contributed by atoms with Gasteiger partial charge < -0.3 is 5.73 Å². The fraction of sp³-hybridized carbons (Fsp3) is 0.100. The van der Waals surface area contributed by atoms with E-state index in [-0.39, 0.29) is 10.6 Å². The Morgan fingerprint density at radius 3 is 2.50 bits per heavy atom. The van der Waals surface area contributed by atoms with Crippen molar-refractivity contribution < 1.29 is 8.78 Å². The summed E-state index contributed by atoms with van der Waals surface area (Å²) < 4.78 is 27.8. The van der Waals surface area contributed by atoms with E-state index in [1.54, 1.807) is 7.05 Å². The van der Waals surface area contributed by atoms with Crippen LogP contribution in [0.4, 0.5) is 14.6 Å². The third kappa shape index (κ3) is 1.74. The van der Waals surface area contributed by atoms with Crippen molar-refractivity contribution in [1.82, 2.24) is 9.78 Å². The molecule has 2 rings (SSSR count). The Hall–Kier alpha value is -1.62. The molecule has 0 spiro atoms. The molecular formula is C10H8ClF2N3. The Balaban J connectivity index is 2.60. The van der Waals surface area contributed by atoms with Crippen LogP contribution in [0.3, 0.4) is 0 Å². The number of nitrogens with zero attached hydrogens (tertiary/aromatic N) is 2. The first kappa shape index (κ1) is 10.9. The third-order valence-corrected chi connectivity index (χ3v) is 2.49. The first-order valence-electron chi connectivity index (χ1n) is 4.43. The minimum atomic E-state index is -0.799. The zero-order valence-corrected chi connectivity index (χ0v) is 9.09. The van der Waals surface area contributed by atoms with Crippen LogP contribution in [0.5, 0.6) is 0 Å². The van der Waals surface area contributed by atoms with Crippen LogP contribution in [0.25, 0.3) is 11.3 Å². The van der Waals surface area contributed by atoms with Crippen molar-refractivity contribution in [2.45, 2.75) is 0 Å². The van der Waals surface area contributed by atoms with E-state index in [2.05, 4.69) is 5.10 Å². The van der Waals surface area contributed by atoms with E-state index in [0.29, 0.717) is 11.5 Å². The summed E-state index contributed by atoms with van der Waals surface area (Å²) in [7, 11) is 1.63. The maximum absolute atomic E-state index is 13.5. The Bertz CT molecular complexity index is 532. The molecule has 2 N–H and O–H groups in total. The normalized spacial score (nSPS) is 10.8. The molecule has 0 unspecified atom stereocenters. The van der Waals surface area contributed by atoms with Gasteiger partial charge in [0.2, 0.25) is 0 Å². The predicted molar refractivity (Wildman–Crippen MR) is 58.0 cm³/mol. The van der Waals surface area contributed by atoms with Crippen molar-refractivity contribution in [3.63, 3.8) is 0 Å². The molecule has 0 atom stereocenters. The third-order valence-electron chi connectivity index (χ3n) is 2.20. The highest BCUT2D eigenvalue weighted by molar-refractivity contribution is 6.31. The molecule has 3 nitrogen and oxygen atoms in total. The molecule has 6 heteroatoms. The lowest BCUT2D eigenvalue weighted by atomic mass is 10.1. The molecule has 0 bridgehead atoms. The van der Waals surface area contributed by atoms with Crippen LogP contribution >= 0.6 is 11.6 Å². The van der Waals surface area contributed by atoms with Crippen molar-refractivity contribution in [2.75, 3.05) is 5.73 Å². The summed E-state index contributed by atoms with van der Waals surface area (Å²) in [6, 6.07) is 3.41. The molecule has 0 amide bonds. The molecular weight excluding hydrogens is 236 g/mol. The molecule has 1 aromatic carbocycles. The van der Waals surface area contributed by atoms with E-state index in [9.17, 15) is 8.78 Å². The highest BCUT2D eigenvalue weighted by atomic mass is 35.5. The summed E-state index contributed by atoms with van der Waals surface area (Å²) in [6.07, 6.45) is 0. The van der Waals surface area contributed by atoms with Crippen LogP contribution in [0.15, 0.2) is 18.2 Å². The van der Waals surface area contributed by atoms with Gasteiger partial charge in [-0.2, -0.15) is 5.10 Å². The number of rotatable bonds is 1. The summed E-state index contributed by atoms with van der Waals surface area (Å²) in [5, 5.41) is 3.83. The lowest BCUT2D eigenvalue weighted by Crippen LogP contribution is -1.96. The van der Waals surface area contributed by atoms with E-state index in [1.807, 2.05) is 0 Å². The van der Waals surface area contributed by atoms with Gasteiger partial charge in [-0.3, -0.25) is 4.68 Å². The second-order valence-electron chi connectivity index (χ2n) is 3.32. The SMILES string of the molecule is Cn1nc(-c2cc(Cl)c(F)cc2F)cc1N. The molecule has 1 aromatic heterocycles. The maximum atomic E-state index is 13.5. The largest absolute Gasteiger partial charge is 0.384 e. The van der Waals surface area contributed by atoms with Crippen molar-refractivity contribution in [3.8, 4) is 11.3 Å². The second kappa shape index (κ2) is 3.75. The van der Waals surface area contributed by atoms with E-state index >= 15 is 0 Å². The minimum Gasteiger partial charge on any atom is -0.384 e. The summed E-state index contributed by atoms with van der Waals surface area (Å²) in [5.74, 6) is -1.14. The molecule has 16 heavy (non-hydrogen) atoms. The van der Waals surface area contributed by atoms with Crippen molar-refractivity contribution in [2.24, 2.45) is 7.05 Å². The lowest BCUT2D eigenvalue weighted by Gasteiger charge is -2.01. The number of hydrogen-bond acceptors (Lipinski definition) is 2. The van der Waals surface area contributed by atoms with Crippen molar-refractivity contribution >= 4 is 17.4 Å². The van der Waals surface area contributed by atoms with Gasteiger partial charge in [-0.05, 0) is 6.07 Å². The summed E-state index contributed by atoms with van der Waals surface area (Å²) >= 11 is 5.57. The van der Waals surface area contributed by atoms with E-state index in [1.165, 1.54) is 16.8 Å². The van der Waals surface area contributed by atoms with E-state index in [0.717, 1.165) is 6.07 Å². The number of aryl methyl sites for hydroxylation is 1. The maximum Gasteiger partial charge on any atom is 0.144 e. The Morgan fingerprint density at radius 2 is 1.94 bits per heavy atom. The Kier molecular flexibility index (Phi) is 2.55. The Labute approximate surface area is 95.4 Å². The molecule has 84 valence electrons. The monoisotopic (exact) mass is 243 g/mol. The number of nitrogens with two attached hydrogens (primary N) is 1. The first-order valence-corrected chi connectivity index (χ1v) is 4.81. The molecule has 0 saturated carbocycles. The zero-order valence-electron chi connectivity index (χ0n) is 8.34. The quantitative estimate of drug-likeness (QED) is 0.783. The van der Waals surface area contributed by atoms with Gasteiger partial charge in [0.05, 0.1) is 10.7 Å². The summed E-state index contributed by atoms with van der Waals surface area (Å²) in [5.41, 5.74) is 6.01. The molecule has 0 radical (unpaired) electrons. The fourth-order valence-corrected chi connectivity index (χ4v) is 1.50. The zero-order chi connectivity index (χ0) is 11.9. The molecule has 0 aliphatic rings. The van der Waals surface area contributed by atoms with E-state index < -0.39 is 11.6 Å². The number of hydrogen-bond donors (Lipinski definition) is 1. The summed E-state index contributed by atoms with van der Waals surface area (Å²) in [4.78, 5) is 0. The smallest absolute Gasteiger partial charge is 0.144 e. The lowest BCUT2D eigenvalue weighted by molar-refractivity contribution is 0.585. The molecule has 1 heterocycles. The van der Waals surface area contributed by atoms with Crippen LogP contribution in [-0.2, 0) is 7.05 Å². The fourth-order valence-electron chi connectivity index (χ4n) is 1.33. The van der Waals surface area contributed by atoms with Gasteiger partial charge in [0.25, 0.3) is 0 Å². The van der Waals surface area contributed by atoms with Crippen LogP contribution in [0, 0.1) is 11.6 Å². The predicted octanol–water partition coefficient (Wildman–Crippen LogP) is 2.60. The van der Waals surface area contributed by atoms with Crippen LogP contribution < -0.4 is 5.73 Å². The van der Waals surface area contributed by atoms with Gasteiger partial charge >= 0.3 is 0 Å². The molecule has 0 aliphatic heterocycles. The van der Waals surface area contributed by atoms with Gasteiger partial charge in [0.1, 0.15) is 17.5 Å². The van der Waals surface area contributed by atoms with Crippen LogP contribution in [0.2, 0.25) is 5.02 Å². The van der Waals surface area contributed by atoms with Crippen LogP contribution in [0.1, 0.15) is 0 Å². The first-order chi connectivity index (χ1) is 7.49. The van der Waals surface area contributed by atoms with Gasteiger partial charge in [0.15, 0.2) is 0 Å². The second-order valence-corrected chi connectivity index (χ2v) is 3.73. The molecule has 0 saturated heterocycles. The standard InChI is InChI=1S/C10H8ClF2N3/c1-16-10(14)4-9(15-16)5-2-6(11)8(13)3-7(5)12/h2-4H,14H2,1H3. The van der Waals surface area contributed by atoms with Gasteiger partial charge in [0, 0.05) is 24.7 Å². The average molecular weight is 244 g/mol. The number of benzene rings is 1. The molecule has 0 fully saturated rings. The number of halogens is 3. The highest BCUT2D eigenvalue weighted by Gasteiger charge is 2.13. The topological polar surface area (TPSA) is 43.8 Å². The minimum absolute atomic E-state index is 0.124. The summed E-state index contributed by atoms with van der Waals surface area (Å²) in [6.45, 7) is 0. The van der Waals surface area contributed by atoms with Gasteiger partial charge in [-0.25, -0.2) is 8.78 Å². The number of anilines is 1. The van der Waals surface area contributed by atoms with Crippen molar-refractivity contribution in [1.29, 1.82) is 0 Å². The highest BCUT2D eigenvalue weighted by Crippen LogP contribution is 2.28. The number of aromatic nitrogens is 2. The Morgan fingerprint density at radius 1 is 1.25 bits per heavy atom. The van der Waals surface area contributed by atoms with Gasteiger partial charge in [-0.15, -0.1) is 0 Å². The van der Waals surface area contributed by atoms with E-state index in [4.69, 9.17) is 17.3 Å². The molecule has 0 aliphatic carbocycles. The molecule has 2 aromatic rings. The average Bonchev–Trinajstić information content (AvgIpc) is 2.53. The van der Waals surface area contributed by atoms with Crippen LogP contribution in [-0.4, -0.2) is 9.78 Å². The van der Waals surface area contributed by atoms with Gasteiger partial charge in [-0.1, -0.05) is 11.6 Å². The van der Waals surface area contributed by atoms with Crippen molar-refractivity contribution in [3.05, 3.63) is 34.9 Å². The number of nitrogen functional groups attached to an aromatic ring is 1.